The van der Waals surface area contributed by atoms with Crippen LogP contribution in [-0.4, -0.2) is 23.8 Å². The lowest BCUT2D eigenvalue weighted by Gasteiger charge is -1.99. The number of likely N-dealkylation sites (N-methyl/N-ethyl adjacent to an activating group) is 1. The SMILES string of the molecule is CNCCc1[nH]nc(-c2ccc(Cl)cc2)c1Br. The van der Waals surface area contributed by atoms with Crippen molar-refractivity contribution in [3.05, 3.63) is 39.5 Å². The zero-order valence-corrected chi connectivity index (χ0v) is 11.8. The third kappa shape index (κ3) is 2.89. The van der Waals surface area contributed by atoms with E-state index in [-0.39, 0.29) is 0 Å². The van der Waals surface area contributed by atoms with Crippen LogP contribution in [-0.2, 0) is 6.42 Å². The molecular weight excluding hydrogens is 302 g/mol. The maximum atomic E-state index is 5.86. The molecule has 1 aromatic heterocycles. The second kappa shape index (κ2) is 5.67. The van der Waals surface area contributed by atoms with E-state index in [4.69, 9.17) is 11.6 Å². The molecule has 2 aromatic rings. The van der Waals surface area contributed by atoms with Gasteiger partial charge in [-0.05, 0) is 35.1 Å². The predicted octanol–water partition coefficient (Wildman–Crippen LogP) is 3.25. The minimum atomic E-state index is 0.732. The van der Waals surface area contributed by atoms with E-state index in [9.17, 15) is 0 Å². The Balaban J connectivity index is 2.27. The first-order valence-corrected chi connectivity index (χ1v) is 6.52. The van der Waals surface area contributed by atoms with Crippen molar-refractivity contribution in [2.24, 2.45) is 0 Å². The molecule has 3 nitrogen and oxygen atoms in total. The summed E-state index contributed by atoms with van der Waals surface area (Å²) >= 11 is 9.45. The molecule has 0 unspecified atom stereocenters. The first kappa shape index (κ1) is 12.6. The van der Waals surface area contributed by atoms with Crippen LogP contribution in [0.15, 0.2) is 28.7 Å². The molecule has 0 saturated heterocycles. The number of benzene rings is 1. The van der Waals surface area contributed by atoms with Gasteiger partial charge in [-0.15, -0.1) is 0 Å². The lowest BCUT2D eigenvalue weighted by molar-refractivity contribution is 0.770. The van der Waals surface area contributed by atoms with Crippen LogP contribution < -0.4 is 5.32 Å². The van der Waals surface area contributed by atoms with E-state index in [0.717, 1.165) is 39.4 Å². The number of nitrogens with one attached hydrogen (secondary N) is 2. The third-order valence-electron chi connectivity index (χ3n) is 2.52. The Morgan fingerprint density at radius 3 is 2.71 bits per heavy atom. The second-order valence-corrected chi connectivity index (χ2v) is 4.95. The van der Waals surface area contributed by atoms with Gasteiger partial charge in [-0.1, -0.05) is 23.7 Å². The highest BCUT2D eigenvalue weighted by atomic mass is 79.9. The van der Waals surface area contributed by atoms with Crippen molar-refractivity contribution < 1.29 is 0 Å². The third-order valence-corrected chi connectivity index (χ3v) is 3.62. The first-order chi connectivity index (χ1) is 8.22. The summed E-state index contributed by atoms with van der Waals surface area (Å²) < 4.78 is 1.02. The number of rotatable bonds is 4. The molecule has 17 heavy (non-hydrogen) atoms. The normalized spacial score (nSPS) is 10.8. The Hall–Kier alpha value is -0.840. The topological polar surface area (TPSA) is 40.7 Å². The molecule has 0 atom stereocenters. The van der Waals surface area contributed by atoms with E-state index in [0.29, 0.717) is 0 Å². The highest BCUT2D eigenvalue weighted by Gasteiger charge is 2.11. The molecular formula is C12H13BrClN3. The van der Waals surface area contributed by atoms with Crippen molar-refractivity contribution in [2.75, 3.05) is 13.6 Å². The lowest BCUT2D eigenvalue weighted by atomic mass is 10.1. The van der Waals surface area contributed by atoms with Gasteiger partial charge < -0.3 is 5.32 Å². The van der Waals surface area contributed by atoms with E-state index in [1.54, 1.807) is 0 Å². The minimum Gasteiger partial charge on any atom is -0.319 e. The van der Waals surface area contributed by atoms with Gasteiger partial charge >= 0.3 is 0 Å². The summed E-state index contributed by atoms with van der Waals surface area (Å²) in [6.07, 6.45) is 0.914. The summed E-state index contributed by atoms with van der Waals surface area (Å²) in [5, 5.41) is 11.2. The van der Waals surface area contributed by atoms with Crippen LogP contribution in [0.2, 0.25) is 5.02 Å². The molecule has 0 radical (unpaired) electrons. The molecule has 0 saturated carbocycles. The number of hydrogen-bond donors (Lipinski definition) is 2. The Morgan fingerprint density at radius 1 is 1.35 bits per heavy atom. The highest BCUT2D eigenvalue weighted by Crippen LogP contribution is 2.29. The van der Waals surface area contributed by atoms with Gasteiger partial charge in [0.05, 0.1) is 10.2 Å². The molecule has 0 aliphatic heterocycles. The van der Waals surface area contributed by atoms with E-state index < -0.39 is 0 Å². The molecule has 2 rings (SSSR count). The van der Waals surface area contributed by atoms with Crippen LogP contribution in [0.1, 0.15) is 5.69 Å². The van der Waals surface area contributed by atoms with Crippen LogP contribution in [0.5, 0.6) is 0 Å². The molecule has 2 N–H and O–H groups in total. The summed E-state index contributed by atoms with van der Waals surface area (Å²) in [5.74, 6) is 0. The first-order valence-electron chi connectivity index (χ1n) is 5.35. The van der Waals surface area contributed by atoms with Gasteiger partial charge in [0.2, 0.25) is 0 Å². The molecule has 5 heteroatoms. The number of H-pyrrole nitrogens is 1. The van der Waals surface area contributed by atoms with Gasteiger partial charge in [0, 0.05) is 23.6 Å². The van der Waals surface area contributed by atoms with Crippen molar-refractivity contribution >= 4 is 27.5 Å². The van der Waals surface area contributed by atoms with Crippen molar-refractivity contribution in [1.29, 1.82) is 0 Å². The maximum absolute atomic E-state index is 5.86. The van der Waals surface area contributed by atoms with E-state index >= 15 is 0 Å². The summed E-state index contributed by atoms with van der Waals surface area (Å²) in [6, 6.07) is 7.66. The summed E-state index contributed by atoms with van der Waals surface area (Å²) in [7, 11) is 1.93. The Labute approximate surface area is 114 Å². The molecule has 90 valence electrons. The standard InChI is InChI=1S/C12H13BrClN3/c1-15-7-6-10-11(13)12(17-16-10)8-2-4-9(14)5-3-8/h2-5,15H,6-7H2,1H3,(H,16,17). The van der Waals surface area contributed by atoms with Gasteiger partial charge in [0.15, 0.2) is 0 Å². The van der Waals surface area contributed by atoms with Crippen molar-refractivity contribution in [3.8, 4) is 11.3 Å². The predicted molar refractivity (Wildman–Crippen MR) is 74.4 cm³/mol. The number of aromatic amines is 1. The van der Waals surface area contributed by atoms with Crippen LogP contribution >= 0.6 is 27.5 Å². The minimum absolute atomic E-state index is 0.732. The molecule has 0 bridgehead atoms. The number of hydrogen-bond acceptors (Lipinski definition) is 2. The number of nitrogens with zero attached hydrogens (tertiary/aromatic N) is 1. The summed E-state index contributed by atoms with van der Waals surface area (Å²) in [6.45, 7) is 0.918. The highest BCUT2D eigenvalue weighted by molar-refractivity contribution is 9.10. The number of halogens is 2. The average molecular weight is 315 g/mol. The van der Waals surface area contributed by atoms with Crippen LogP contribution in [0.25, 0.3) is 11.3 Å². The van der Waals surface area contributed by atoms with E-state index in [2.05, 4.69) is 31.4 Å². The molecule has 1 aromatic carbocycles. The van der Waals surface area contributed by atoms with E-state index in [1.165, 1.54) is 0 Å². The number of aromatic nitrogens is 2. The fraction of sp³-hybridized carbons (Fsp3) is 0.250. The van der Waals surface area contributed by atoms with Crippen LogP contribution in [0.4, 0.5) is 0 Å². The fourth-order valence-corrected chi connectivity index (χ4v) is 2.31. The molecule has 1 heterocycles. The fourth-order valence-electron chi connectivity index (χ4n) is 1.58. The summed E-state index contributed by atoms with van der Waals surface area (Å²) in [5.41, 5.74) is 3.07. The molecule has 0 aliphatic rings. The Morgan fingerprint density at radius 2 is 2.06 bits per heavy atom. The van der Waals surface area contributed by atoms with Crippen molar-refractivity contribution in [3.63, 3.8) is 0 Å². The zero-order chi connectivity index (χ0) is 12.3. The molecule has 0 fully saturated rings. The van der Waals surface area contributed by atoms with Crippen LogP contribution in [0, 0.1) is 0 Å². The summed E-state index contributed by atoms with van der Waals surface area (Å²) in [4.78, 5) is 0. The maximum Gasteiger partial charge on any atom is 0.107 e. The smallest absolute Gasteiger partial charge is 0.107 e. The quantitative estimate of drug-likeness (QED) is 0.909. The monoisotopic (exact) mass is 313 g/mol. The lowest BCUT2D eigenvalue weighted by Crippen LogP contribution is -2.10. The van der Waals surface area contributed by atoms with Crippen molar-refractivity contribution in [2.45, 2.75) is 6.42 Å². The van der Waals surface area contributed by atoms with Gasteiger partial charge in [-0.3, -0.25) is 5.10 Å². The zero-order valence-electron chi connectivity index (χ0n) is 9.43. The second-order valence-electron chi connectivity index (χ2n) is 3.73. The van der Waals surface area contributed by atoms with Gasteiger partial charge in [-0.2, -0.15) is 5.10 Å². The largest absolute Gasteiger partial charge is 0.319 e. The Kier molecular flexibility index (Phi) is 4.20. The van der Waals surface area contributed by atoms with Crippen LogP contribution in [0.3, 0.4) is 0 Å². The molecule has 0 amide bonds. The van der Waals surface area contributed by atoms with Crippen molar-refractivity contribution in [1.82, 2.24) is 15.5 Å². The van der Waals surface area contributed by atoms with Gasteiger partial charge in [-0.25, -0.2) is 0 Å². The molecule has 0 aliphatic carbocycles. The van der Waals surface area contributed by atoms with Gasteiger partial charge in [0.1, 0.15) is 5.69 Å². The van der Waals surface area contributed by atoms with E-state index in [1.807, 2.05) is 31.3 Å². The molecule has 0 spiro atoms. The Bertz CT molecular complexity index is 493. The van der Waals surface area contributed by atoms with Gasteiger partial charge in [0.25, 0.3) is 0 Å². The average Bonchev–Trinajstić information content (AvgIpc) is 2.69.